The number of hydrogen-bond donors (Lipinski definition) is 1. The van der Waals surface area contributed by atoms with Crippen LogP contribution in [0.3, 0.4) is 0 Å². The van der Waals surface area contributed by atoms with E-state index in [0.29, 0.717) is 48.5 Å². The van der Waals surface area contributed by atoms with Crippen LogP contribution >= 0.6 is 0 Å². The van der Waals surface area contributed by atoms with Gasteiger partial charge in [-0.1, -0.05) is 13.8 Å². The van der Waals surface area contributed by atoms with Crippen LogP contribution in [-0.4, -0.2) is 31.7 Å². The molecule has 0 atom stereocenters. The van der Waals surface area contributed by atoms with Crippen molar-refractivity contribution in [1.82, 2.24) is 10.3 Å². The van der Waals surface area contributed by atoms with Gasteiger partial charge < -0.3 is 19.2 Å². The molecule has 0 aliphatic carbocycles. The topological polar surface area (TPSA) is 73.6 Å². The molecule has 0 radical (unpaired) electrons. The highest BCUT2D eigenvalue weighted by molar-refractivity contribution is 5.76. The Hall–Kier alpha value is -2.50. The Labute approximate surface area is 142 Å². The van der Waals surface area contributed by atoms with Gasteiger partial charge in [-0.3, -0.25) is 4.79 Å². The van der Waals surface area contributed by atoms with E-state index in [4.69, 9.17) is 13.9 Å². The lowest BCUT2D eigenvalue weighted by Gasteiger charge is -2.08. The Morgan fingerprint density at radius 2 is 2.08 bits per heavy atom. The first-order chi connectivity index (χ1) is 11.5. The SMILES string of the molecule is COc1ccc(-c2cnc(CCC(=O)NCC(C)C)o2)c(OC)c1. The van der Waals surface area contributed by atoms with Crippen LogP contribution in [0.1, 0.15) is 26.2 Å². The summed E-state index contributed by atoms with van der Waals surface area (Å²) in [6, 6.07) is 5.48. The summed E-state index contributed by atoms with van der Waals surface area (Å²) in [5.41, 5.74) is 0.793. The van der Waals surface area contributed by atoms with Crippen molar-refractivity contribution in [2.75, 3.05) is 20.8 Å². The van der Waals surface area contributed by atoms with E-state index in [0.717, 1.165) is 5.56 Å². The average molecular weight is 332 g/mol. The molecule has 0 fully saturated rings. The Morgan fingerprint density at radius 3 is 2.75 bits per heavy atom. The van der Waals surface area contributed by atoms with E-state index in [1.807, 2.05) is 12.1 Å². The van der Waals surface area contributed by atoms with Gasteiger partial charge in [0, 0.05) is 25.5 Å². The first kappa shape index (κ1) is 17.8. The monoisotopic (exact) mass is 332 g/mol. The number of nitrogens with zero attached hydrogens (tertiary/aromatic N) is 1. The fourth-order valence-corrected chi connectivity index (χ4v) is 2.18. The van der Waals surface area contributed by atoms with Gasteiger partial charge in [0.25, 0.3) is 0 Å². The summed E-state index contributed by atoms with van der Waals surface area (Å²) >= 11 is 0. The number of rotatable bonds is 8. The minimum absolute atomic E-state index is 0.00507. The van der Waals surface area contributed by atoms with Crippen LogP contribution in [0.25, 0.3) is 11.3 Å². The van der Waals surface area contributed by atoms with E-state index in [1.54, 1.807) is 26.5 Å². The second kappa shape index (κ2) is 8.38. The standard InChI is InChI=1S/C18H24N2O4/c1-12(2)10-19-17(21)7-8-18-20-11-16(24-18)14-6-5-13(22-3)9-15(14)23-4/h5-6,9,11-12H,7-8,10H2,1-4H3,(H,19,21). The van der Waals surface area contributed by atoms with E-state index < -0.39 is 0 Å². The number of benzene rings is 1. The van der Waals surface area contributed by atoms with Crippen LogP contribution in [0, 0.1) is 5.92 Å². The molecule has 0 spiro atoms. The maximum absolute atomic E-state index is 11.8. The van der Waals surface area contributed by atoms with Gasteiger partial charge in [-0.2, -0.15) is 0 Å². The molecule has 1 amide bonds. The third kappa shape index (κ3) is 4.75. The normalized spacial score (nSPS) is 10.7. The molecule has 0 saturated heterocycles. The lowest BCUT2D eigenvalue weighted by Crippen LogP contribution is -2.27. The van der Waals surface area contributed by atoms with E-state index in [1.165, 1.54) is 0 Å². The number of amides is 1. The number of aromatic nitrogens is 1. The number of carbonyl (C=O) groups is 1. The van der Waals surface area contributed by atoms with Gasteiger partial charge in [0.15, 0.2) is 11.7 Å². The number of nitrogens with one attached hydrogen (secondary N) is 1. The zero-order valence-corrected chi connectivity index (χ0v) is 14.6. The molecular weight excluding hydrogens is 308 g/mol. The lowest BCUT2D eigenvalue weighted by molar-refractivity contribution is -0.121. The molecule has 0 saturated carbocycles. The van der Waals surface area contributed by atoms with Crippen molar-refractivity contribution in [2.45, 2.75) is 26.7 Å². The second-order valence-corrected chi connectivity index (χ2v) is 5.88. The number of methoxy groups -OCH3 is 2. The highest BCUT2D eigenvalue weighted by atomic mass is 16.5. The summed E-state index contributed by atoms with van der Waals surface area (Å²) in [5.74, 6) is 2.92. The van der Waals surface area contributed by atoms with Crippen LogP contribution in [0.5, 0.6) is 11.5 Å². The zero-order chi connectivity index (χ0) is 17.5. The predicted molar refractivity (Wildman–Crippen MR) is 91.2 cm³/mol. The number of carbonyl (C=O) groups excluding carboxylic acids is 1. The van der Waals surface area contributed by atoms with Gasteiger partial charge in [0.2, 0.25) is 5.91 Å². The highest BCUT2D eigenvalue weighted by Crippen LogP contribution is 2.33. The molecule has 1 aromatic carbocycles. The first-order valence-corrected chi connectivity index (χ1v) is 7.97. The quantitative estimate of drug-likeness (QED) is 0.804. The molecule has 0 aliphatic heterocycles. The number of ether oxygens (including phenoxy) is 2. The Bertz CT molecular complexity index is 679. The fraction of sp³-hybridized carbons (Fsp3) is 0.444. The molecule has 24 heavy (non-hydrogen) atoms. The van der Waals surface area contributed by atoms with Crippen molar-refractivity contribution in [1.29, 1.82) is 0 Å². The molecule has 2 rings (SSSR count). The molecule has 1 N–H and O–H groups in total. The maximum Gasteiger partial charge on any atom is 0.220 e. The van der Waals surface area contributed by atoms with Gasteiger partial charge in [-0.25, -0.2) is 4.98 Å². The average Bonchev–Trinajstić information content (AvgIpc) is 3.06. The van der Waals surface area contributed by atoms with E-state index in [2.05, 4.69) is 24.1 Å². The van der Waals surface area contributed by atoms with Crippen LogP contribution in [-0.2, 0) is 11.2 Å². The number of oxazole rings is 1. The molecule has 0 unspecified atom stereocenters. The smallest absolute Gasteiger partial charge is 0.220 e. The Balaban J connectivity index is 2.02. The van der Waals surface area contributed by atoms with Gasteiger partial charge >= 0.3 is 0 Å². The molecule has 0 bridgehead atoms. The fourth-order valence-electron chi connectivity index (χ4n) is 2.18. The van der Waals surface area contributed by atoms with Gasteiger partial charge in [-0.15, -0.1) is 0 Å². The van der Waals surface area contributed by atoms with Crippen molar-refractivity contribution in [3.8, 4) is 22.8 Å². The molecule has 6 heteroatoms. The predicted octanol–water partition coefficient (Wildman–Crippen LogP) is 3.06. The Kier molecular flexibility index (Phi) is 6.23. The molecule has 0 aliphatic rings. The van der Waals surface area contributed by atoms with Gasteiger partial charge in [0.1, 0.15) is 11.5 Å². The third-order valence-electron chi connectivity index (χ3n) is 3.50. The van der Waals surface area contributed by atoms with Crippen LogP contribution in [0.15, 0.2) is 28.8 Å². The van der Waals surface area contributed by atoms with Crippen LogP contribution in [0.2, 0.25) is 0 Å². The minimum atomic E-state index is 0.00507. The van der Waals surface area contributed by atoms with E-state index in [9.17, 15) is 4.79 Å². The summed E-state index contributed by atoms with van der Waals surface area (Å²) in [6.45, 7) is 4.80. The first-order valence-electron chi connectivity index (χ1n) is 7.97. The number of aryl methyl sites for hydroxylation is 1. The Morgan fingerprint density at radius 1 is 1.29 bits per heavy atom. The maximum atomic E-state index is 11.8. The van der Waals surface area contributed by atoms with Crippen molar-refractivity contribution in [3.63, 3.8) is 0 Å². The van der Waals surface area contributed by atoms with Crippen LogP contribution < -0.4 is 14.8 Å². The van der Waals surface area contributed by atoms with Crippen molar-refractivity contribution in [2.24, 2.45) is 5.92 Å². The van der Waals surface area contributed by atoms with E-state index in [-0.39, 0.29) is 5.91 Å². The highest BCUT2D eigenvalue weighted by Gasteiger charge is 2.13. The summed E-state index contributed by atoms with van der Waals surface area (Å²) in [5, 5.41) is 2.88. The van der Waals surface area contributed by atoms with Crippen LogP contribution in [0.4, 0.5) is 0 Å². The molecule has 130 valence electrons. The molecule has 6 nitrogen and oxygen atoms in total. The molecule has 2 aromatic rings. The lowest BCUT2D eigenvalue weighted by atomic mass is 10.1. The van der Waals surface area contributed by atoms with Gasteiger partial charge in [-0.05, 0) is 18.1 Å². The van der Waals surface area contributed by atoms with Crippen molar-refractivity contribution in [3.05, 3.63) is 30.3 Å². The third-order valence-corrected chi connectivity index (χ3v) is 3.50. The second-order valence-electron chi connectivity index (χ2n) is 5.88. The summed E-state index contributed by atoms with van der Waals surface area (Å²) in [6.07, 6.45) is 2.46. The molecular formula is C18H24N2O4. The minimum Gasteiger partial charge on any atom is -0.497 e. The van der Waals surface area contributed by atoms with Gasteiger partial charge in [0.05, 0.1) is 26.0 Å². The molecule has 1 heterocycles. The summed E-state index contributed by atoms with van der Waals surface area (Å²) in [7, 11) is 3.19. The van der Waals surface area contributed by atoms with Crippen molar-refractivity contribution < 1.29 is 18.7 Å². The zero-order valence-electron chi connectivity index (χ0n) is 14.6. The largest absolute Gasteiger partial charge is 0.497 e. The summed E-state index contributed by atoms with van der Waals surface area (Å²) < 4.78 is 16.3. The summed E-state index contributed by atoms with van der Waals surface area (Å²) in [4.78, 5) is 16.0. The van der Waals surface area contributed by atoms with Crippen molar-refractivity contribution >= 4 is 5.91 Å². The number of hydrogen-bond acceptors (Lipinski definition) is 5. The van der Waals surface area contributed by atoms with E-state index >= 15 is 0 Å². The molecule has 1 aromatic heterocycles.